The number of hydrogen-bond acceptors (Lipinski definition) is 3. The summed E-state index contributed by atoms with van der Waals surface area (Å²) in [5.74, 6) is 2.65. The number of likely N-dealkylation sites (tertiary alicyclic amines) is 1. The van der Waals surface area contributed by atoms with E-state index in [-0.39, 0.29) is 12.5 Å². The Bertz CT molecular complexity index is 201. The zero-order chi connectivity index (χ0) is 11.3. The maximum absolute atomic E-state index is 11.8. The van der Waals surface area contributed by atoms with Crippen LogP contribution in [-0.4, -0.2) is 47.1 Å². The first kappa shape index (κ1) is 12.8. The molecule has 88 valence electrons. The lowest BCUT2D eigenvalue weighted by molar-refractivity contribution is -0.130. The number of amides is 1. The number of nitrogens with zero attached hydrogens (tertiary/aromatic N) is 1. The highest BCUT2D eigenvalue weighted by molar-refractivity contribution is 7.99. The number of carbonyl (C=O) groups excluding carboxylic acids is 1. The van der Waals surface area contributed by atoms with Gasteiger partial charge in [-0.1, -0.05) is 13.8 Å². The van der Waals surface area contributed by atoms with Crippen molar-refractivity contribution in [1.29, 1.82) is 0 Å². The van der Waals surface area contributed by atoms with Crippen LogP contribution < -0.4 is 0 Å². The van der Waals surface area contributed by atoms with Gasteiger partial charge >= 0.3 is 0 Å². The lowest BCUT2D eigenvalue weighted by atomic mass is 9.92. The van der Waals surface area contributed by atoms with Crippen molar-refractivity contribution in [1.82, 2.24) is 4.90 Å². The summed E-state index contributed by atoms with van der Waals surface area (Å²) in [6.07, 6.45) is 1.23. The minimum atomic E-state index is 0.157. The van der Waals surface area contributed by atoms with Crippen molar-refractivity contribution in [3.8, 4) is 0 Å². The van der Waals surface area contributed by atoms with Crippen LogP contribution in [0.15, 0.2) is 0 Å². The second-order valence-electron chi connectivity index (χ2n) is 4.52. The average molecular weight is 231 g/mol. The summed E-state index contributed by atoms with van der Waals surface area (Å²) in [6, 6.07) is 0. The standard InChI is InChI=1S/C11H21NO2S/c1-9-5-10(2)7-12(6-9)11(14)8-15-4-3-13/h9-10,13H,3-8H2,1-2H3. The lowest BCUT2D eigenvalue weighted by Gasteiger charge is -2.35. The van der Waals surface area contributed by atoms with Crippen LogP contribution in [0.4, 0.5) is 0 Å². The molecule has 1 aliphatic rings. The fraction of sp³-hybridized carbons (Fsp3) is 0.909. The van der Waals surface area contributed by atoms with Crippen LogP contribution in [0.1, 0.15) is 20.3 Å². The Hall–Kier alpha value is -0.220. The van der Waals surface area contributed by atoms with Gasteiger partial charge in [-0.2, -0.15) is 0 Å². The van der Waals surface area contributed by atoms with Gasteiger partial charge < -0.3 is 10.0 Å². The molecular weight excluding hydrogens is 210 g/mol. The Balaban J connectivity index is 2.31. The number of hydrogen-bond donors (Lipinski definition) is 1. The summed E-state index contributed by atoms with van der Waals surface area (Å²) in [5.41, 5.74) is 0. The number of carbonyl (C=O) groups is 1. The molecule has 1 aliphatic heterocycles. The van der Waals surface area contributed by atoms with E-state index in [4.69, 9.17) is 5.11 Å². The molecule has 2 unspecified atom stereocenters. The van der Waals surface area contributed by atoms with Crippen LogP contribution in [0, 0.1) is 11.8 Å². The Morgan fingerprint density at radius 1 is 1.40 bits per heavy atom. The smallest absolute Gasteiger partial charge is 0.232 e. The number of aliphatic hydroxyl groups excluding tert-OH is 1. The molecule has 1 amide bonds. The van der Waals surface area contributed by atoms with Crippen LogP contribution in [-0.2, 0) is 4.79 Å². The molecule has 3 nitrogen and oxygen atoms in total. The van der Waals surface area contributed by atoms with Gasteiger partial charge in [-0.15, -0.1) is 11.8 Å². The minimum absolute atomic E-state index is 0.157. The highest BCUT2D eigenvalue weighted by Gasteiger charge is 2.24. The van der Waals surface area contributed by atoms with Gasteiger partial charge in [-0.25, -0.2) is 0 Å². The zero-order valence-corrected chi connectivity index (χ0v) is 10.4. The second kappa shape index (κ2) is 6.38. The first-order chi connectivity index (χ1) is 7.13. The number of thioether (sulfide) groups is 1. The summed E-state index contributed by atoms with van der Waals surface area (Å²) in [4.78, 5) is 13.8. The van der Waals surface area contributed by atoms with Gasteiger partial charge in [0.1, 0.15) is 0 Å². The van der Waals surface area contributed by atoms with E-state index < -0.39 is 0 Å². The van der Waals surface area contributed by atoms with Gasteiger partial charge in [-0.3, -0.25) is 4.79 Å². The van der Waals surface area contributed by atoms with Crippen LogP contribution in [0.2, 0.25) is 0 Å². The second-order valence-corrected chi connectivity index (χ2v) is 5.63. The van der Waals surface area contributed by atoms with Crippen LogP contribution in [0.5, 0.6) is 0 Å². The molecule has 2 atom stereocenters. The van der Waals surface area contributed by atoms with Crippen LogP contribution in [0.25, 0.3) is 0 Å². The van der Waals surface area contributed by atoms with Crippen molar-refractivity contribution < 1.29 is 9.90 Å². The van der Waals surface area contributed by atoms with Crippen LogP contribution in [0.3, 0.4) is 0 Å². The van der Waals surface area contributed by atoms with Gasteiger partial charge in [0.25, 0.3) is 0 Å². The Labute approximate surface area is 96.2 Å². The fourth-order valence-electron chi connectivity index (χ4n) is 2.18. The number of piperidine rings is 1. The van der Waals surface area contributed by atoms with Gasteiger partial charge in [0.15, 0.2) is 0 Å². The molecule has 0 radical (unpaired) electrons. The average Bonchev–Trinajstić information content (AvgIpc) is 2.16. The molecule has 15 heavy (non-hydrogen) atoms. The summed E-state index contributed by atoms with van der Waals surface area (Å²) in [6.45, 7) is 6.38. The van der Waals surface area contributed by atoms with E-state index >= 15 is 0 Å². The molecule has 0 spiro atoms. The Morgan fingerprint density at radius 3 is 2.53 bits per heavy atom. The molecule has 0 aromatic carbocycles. The van der Waals surface area contributed by atoms with E-state index in [9.17, 15) is 4.79 Å². The molecule has 0 aromatic heterocycles. The Morgan fingerprint density at radius 2 is 2.00 bits per heavy atom. The highest BCUT2D eigenvalue weighted by Crippen LogP contribution is 2.21. The van der Waals surface area contributed by atoms with Gasteiger partial charge in [-0.05, 0) is 18.3 Å². The predicted octanol–water partition coefficient (Wildman–Crippen LogP) is 1.22. The first-order valence-corrected chi connectivity index (χ1v) is 6.75. The predicted molar refractivity (Wildman–Crippen MR) is 63.9 cm³/mol. The Kier molecular flexibility index (Phi) is 5.47. The van der Waals surface area contributed by atoms with Crippen molar-refractivity contribution in [3.05, 3.63) is 0 Å². The first-order valence-electron chi connectivity index (χ1n) is 5.60. The van der Waals surface area contributed by atoms with E-state index in [1.165, 1.54) is 18.2 Å². The molecule has 0 saturated carbocycles. The maximum atomic E-state index is 11.8. The van der Waals surface area contributed by atoms with E-state index in [1.54, 1.807) is 0 Å². The van der Waals surface area contributed by atoms with E-state index in [0.29, 0.717) is 23.3 Å². The molecule has 4 heteroatoms. The SMILES string of the molecule is CC1CC(C)CN(C(=O)CSCCO)C1. The molecule has 0 aromatic rings. The molecule has 1 N–H and O–H groups in total. The maximum Gasteiger partial charge on any atom is 0.232 e. The van der Waals surface area contributed by atoms with Crippen molar-refractivity contribution in [2.75, 3.05) is 31.2 Å². The molecule has 1 saturated heterocycles. The quantitative estimate of drug-likeness (QED) is 0.740. The third kappa shape index (κ3) is 4.43. The normalized spacial score (nSPS) is 26.7. The summed E-state index contributed by atoms with van der Waals surface area (Å²) < 4.78 is 0. The molecule has 0 bridgehead atoms. The van der Waals surface area contributed by atoms with Crippen molar-refractivity contribution in [2.24, 2.45) is 11.8 Å². The van der Waals surface area contributed by atoms with Crippen LogP contribution >= 0.6 is 11.8 Å². The fourth-order valence-corrected chi connectivity index (χ4v) is 2.81. The van der Waals surface area contributed by atoms with Crippen molar-refractivity contribution in [3.63, 3.8) is 0 Å². The van der Waals surface area contributed by atoms with E-state index in [0.717, 1.165) is 13.1 Å². The summed E-state index contributed by atoms with van der Waals surface area (Å²) in [5, 5.41) is 8.63. The lowest BCUT2D eigenvalue weighted by Crippen LogP contribution is -2.43. The van der Waals surface area contributed by atoms with Crippen molar-refractivity contribution >= 4 is 17.7 Å². The van der Waals surface area contributed by atoms with Crippen molar-refractivity contribution in [2.45, 2.75) is 20.3 Å². The van der Waals surface area contributed by atoms with E-state index in [1.807, 2.05) is 4.90 Å². The molecule has 1 fully saturated rings. The molecule has 1 heterocycles. The molecule has 0 aliphatic carbocycles. The molecular formula is C11H21NO2S. The number of aliphatic hydroxyl groups is 1. The zero-order valence-electron chi connectivity index (χ0n) is 9.61. The summed E-state index contributed by atoms with van der Waals surface area (Å²) in [7, 11) is 0. The number of rotatable bonds is 4. The molecule has 1 rings (SSSR count). The highest BCUT2D eigenvalue weighted by atomic mass is 32.2. The largest absolute Gasteiger partial charge is 0.396 e. The van der Waals surface area contributed by atoms with E-state index in [2.05, 4.69) is 13.8 Å². The minimum Gasteiger partial charge on any atom is -0.396 e. The summed E-state index contributed by atoms with van der Waals surface area (Å²) >= 11 is 1.52. The third-order valence-corrected chi connectivity index (χ3v) is 3.61. The van der Waals surface area contributed by atoms with Gasteiger partial charge in [0.05, 0.1) is 12.4 Å². The third-order valence-electron chi connectivity index (χ3n) is 2.68. The monoisotopic (exact) mass is 231 g/mol. The topological polar surface area (TPSA) is 40.5 Å². The van der Waals surface area contributed by atoms with Gasteiger partial charge in [0, 0.05) is 18.8 Å². The van der Waals surface area contributed by atoms with Gasteiger partial charge in [0.2, 0.25) is 5.91 Å².